The fourth-order valence-electron chi connectivity index (χ4n) is 3.39. The first-order valence-electron chi connectivity index (χ1n) is 8.84. The predicted molar refractivity (Wildman–Crippen MR) is 102 cm³/mol. The third-order valence-electron chi connectivity index (χ3n) is 4.88. The first kappa shape index (κ1) is 16.4. The summed E-state index contributed by atoms with van der Waals surface area (Å²) in [5.41, 5.74) is 4.29. The van der Waals surface area contributed by atoms with Gasteiger partial charge in [-0.05, 0) is 29.3 Å². The third kappa shape index (κ3) is 3.33. The highest BCUT2D eigenvalue weighted by atomic mass is 16.2. The average molecular weight is 346 g/mol. The van der Waals surface area contributed by atoms with E-state index < -0.39 is 0 Å². The van der Waals surface area contributed by atoms with Gasteiger partial charge in [-0.2, -0.15) is 0 Å². The molecule has 2 aromatic carbocycles. The maximum atomic E-state index is 13.0. The van der Waals surface area contributed by atoms with Crippen molar-refractivity contribution in [2.45, 2.75) is 13.1 Å². The SMILES string of the molecule is CN1CCN(C(=O)c2ccc(Cn3ccnc3)cc2)Cc2ccccc21. The molecule has 5 nitrogen and oxygen atoms in total. The predicted octanol–water partition coefficient (Wildman–Crippen LogP) is 3.02. The molecule has 26 heavy (non-hydrogen) atoms. The molecular formula is C21H22N4O. The zero-order valence-corrected chi connectivity index (χ0v) is 14.9. The first-order valence-corrected chi connectivity index (χ1v) is 8.84. The lowest BCUT2D eigenvalue weighted by Crippen LogP contribution is -2.34. The Balaban J connectivity index is 1.50. The normalized spacial score (nSPS) is 14.0. The molecule has 1 amide bonds. The summed E-state index contributed by atoms with van der Waals surface area (Å²) in [5.74, 6) is 0.0873. The molecule has 0 saturated heterocycles. The second kappa shape index (κ2) is 7.04. The van der Waals surface area contributed by atoms with E-state index in [4.69, 9.17) is 0 Å². The van der Waals surface area contributed by atoms with Crippen LogP contribution in [0.5, 0.6) is 0 Å². The van der Waals surface area contributed by atoms with Crippen LogP contribution in [0.4, 0.5) is 5.69 Å². The van der Waals surface area contributed by atoms with Crippen LogP contribution in [-0.4, -0.2) is 40.5 Å². The summed E-state index contributed by atoms with van der Waals surface area (Å²) in [5, 5.41) is 0. The number of nitrogens with zero attached hydrogens (tertiary/aromatic N) is 4. The summed E-state index contributed by atoms with van der Waals surface area (Å²) in [6.07, 6.45) is 5.50. The van der Waals surface area contributed by atoms with Gasteiger partial charge in [0.25, 0.3) is 5.91 Å². The van der Waals surface area contributed by atoms with Crippen molar-refractivity contribution >= 4 is 11.6 Å². The molecule has 0 radical (unpaired) electrons. The number of anilines is 1. The van der Waals surface area contributed by atoms with Gasteiger partial charge < -0.3 is 14.4 Å². The summed E-state index contributed by atoms with van der Waals surface area (Å²) in [7, 11) is 2.08. The van der Waals surface area contributed by atoms with Crippen molar-refractivity contribution < 1.29 is 4.79 Å². The topological polar surface area (TPSA) is 41.4 Å². The van der Waals surface area contributed by atoms with Crippen LogP contribution in [0.15, 0.2) is 67.3 Å². The molecule has 0 N–H and O–H groups in total. The van der Waals surface area contributed by atoms with E-state index in [1.54, 1.807) is 12.5 Å². The summed E-state index contributed by atoms with van der Waals surface area (Å²) in [6, 6.07) is 16.2. The van der Waals surface area contributed by atoms with Crippen molar-refractivity contribution in [1.29, 1.82) is 0 Å². The van der Waals surface area contributed by atoms with Gasteiger partial charge in [0, 0.05) is 56.9 Å². The number of hydrogen-bond donors (Lipinski definition) is 0. The molecule has 3 aromatic rings. The molecule has 0 bridgehead atoms. The number of carbonyl (C=O) groups excluding carboxylic acids is 1. The van der Waals surface area contributed by atoms with Gasteiger partial charge in [0.1, 0.15) is 0 Å². The van der Waals surface area contributed by atoms with E-state index in [0.717, 1.165) is 30.8 Å². The molecule has 0 fully saturated rings. The van der Waals surface area contributed by atoms with Crippen molar-refractivity contribution in [3.8, 4) is 0 Å². The van der Waals surface area contributed by atoms with E-state index in [0.29, 0.717) is 6.54 Å². The number of imidazole rings is 1. The molecule has 0 saturated carbocycles. The number of benzene rings is 2. The summed E-state index contributed by atoms with van der Waals surface area (Å²) in [4.78, 5) is 21.2. The fraction of sp³-hybridized carbons (Fsp3) is 0.238. The van der Waals surface area contributed by atoms with E-state index >= 15 is 0 Å². The van der Waals surface area contributed by atoms with Crippen LogP contribution in [0.2, 0.25) is 0 Å². The van der Waals surface area contributed by atoms with Crippen LogP contribution in [0.25, 0.3) is 0 Å². The van der Waals surface area contributed by atoms with Gasteiger partial charge in [0.2, 0.25) is 0 Å². The van der Waals surface area contributed by atoms with Crippen molar-refractivity contribution in [1.82, 2.24) is 14.5 Å². The molecule has 4 rings (SSSR count). The maximum Gasteiger partial charge on any atom is 0.254 e. The van der Waals surface area contributed by atoms with Crippen molar-refractivity contribution in [3.05, 3.63) is 83.9 Å². The second-order valence-corrected chi connectivity index (χ2v) is 6.71. The molecule has 1 aromatic heterocycles. The molecule has 2 heterocycles. The van der Waals surface area contributed by atoms with E-state index in [1.807, 2.05) is 52.1 Å². The number of para-hydroxylation sites is 1. The number of likely N-dealkylation sites (N-methyl/N-ethyl adjacent to an activating group) is 1. The number of rotatable bonds is 3. The molecule has 5 heteroatoms. The largest absolute Gasteiger partial charge is 0.373 e. The number of hydrogen-bond acceptors (Lipinski definition) is 3. The van der Waals surface area contributed by atoms with Crippen molar-refractivity contribution in [2.75, 3.05) is 25.0 Å². The average Bonchev–Trinajstić information content (AvgIpc) is 3.12. The van der Waals surface area contributed by atoms with Gasteiger partial charge >= 0.3 is 0 Å². The molecule has 132 valence electrons. The number of aromatic nitrogens is 2. The Morgan fingerprint density at radius 1 is 1.08 bits per heavy atom. The van der Waals surface area contributed by atoms with Crippen LogP contribution < -0.4 is 4.90 Å². The number of fused-ring (bicyclic) bond motifs is 1. The van der Waals surface area contributed by atoms with Crippen molar-refractivity contribution in [2.24, 2.45) is 0 Å². The van der Waals surface area contributed by atoms with E-state index in [2.05, 4.69) is 29.1 Å². The highest BCUT2D eigenvalue weighted by Gasteiger charge is 2.22. The van der Waals surface area contributed by atoms with E-state index in [9.17, 15) is 4.79 Å². The summed E-state index contributed by atoms with van der Waals surface area (Å²) >= 11 is 0. The van der Waals surface area contributed by atoms with Crippen LogP contribution in [0.1, 0.15) is 21.5 Å². The Morgan fingerprint density at radius 3 is 2.65 bits per heavy atom. The fourth-order valence-corrected chi connectivity index (χ4v) is 3.39. The minimum absolute atomic E-state index is 0.0873. The summed E-state index contributed by atoms with van der Waals surface area (Å²) in [6.45, 7) is 2.97. The van der Waals surface area contributed by atoms with Crippen LogP contribution in [-0.2, 0) is 13.1 Å². The molecule has 0 spiro atoms. The monoisotopic (exact) mass is 346 g/mol. The molecule has 1 aliphatic heterocycles. The summed E-state index contributed by atoms with van der Waals surface area (Å²) < 4.78 is 2.01. The second-order valence-electron chi connectivity index (χ2n) is 6.71. The van der Waals surface area contributed by atoms with Gasteiger partial charge in [-0.3, -0.25) is 4.79 Å². The highest BCUT2D eigenvalue weighted by molar-refractivity contribution is 5.94. The van der Waals surface area contributed by atoms with Gasteiger partial charge in [-0.25, -0.2) is 4.98 Å². The van der Waals surface area contributed by atoms with Crippen LogP contribution >= 0.6 is 0 Å². The molecule has 1 aliphatic rings. The molecular weight excluding hydrogens is 324 g/mol. The van der Waals surface area contributed by atoms with Crippen LogP contribution in [0, 0.1) is 0 Å². The highest BCUT2D eigenvalue weighted by Crippen LogP contribution is 2.24. The van der Waals surface area contributed by atoms with Gasteiger partial charge in [0.05, 0.1) is 6.33 Å². The van der Waals surface area contributed by atoms with Crippen LogP contribution in [0.3, 0.4) is 0 Å². The lowest BCUT2D eigenvalue weighted by molar-refractivity contribution is 0.0752. The van der Waals surface area contributed by atoms with E-state index in [-0.39, 0.29) is 5.91 Å². The maximum absolute atomic E-state index is 13.0. The van der Waals surface area contributed by atoms with Crippen molar-refractivity contribution in [3.63, 3.8) is 0 Å². The lowest BCUT2D eigenvalue weighted by Gasteiger charge is -2.21. The standard InChI is InChI=1S/C21H22N4O/c1-23-12-13-25(15-19-4-2-3-5-20(19)23)21(26)18-8-6-17(7-9-18)14-24-11-10-22-16-24/h2-11,16H,12-15H2,1H3. The zero-order valence-electron chi connectivity index (χ0n) is 14.9. The Labute approximate surface area is 153 Å². The minimum Gasteiger partial charge on any atom is -0.373 e. The Hall–Kier alpha value is -3.08. The van der Waals surface area contributed by atoms with Gasteiger partial charge in [-0.1, -0.05) is 30.3 Å². The van der Waals surface area contributed by atoms with Gasteiger partial charge in [-0.15, -0.1) is 0 Å². The quantitative estimate of drug-likeness (QED) is 0.732. The Morgan fingerprint density at radius 2 is 1.88 bits per heavy atom. The Bertz CT molecular complexity index is 887. The number of carbonyl (C=O) groups is 1. The minimum atomic E-state index is 0.0873. The third-order valence-corrected chi connectivity index (χ3v) is 4.88. The molecule has 0 unspecified atom stereocenters. The number of amides is 1. The Kier molecular flexibility index (Phi) is 4.44. The van der Waals surface area contributed by atoms with Gasteiger partial charge in [0.15, 0.2) is 0 Å². The molecule has 0 atom stereocenters. The zero-order chi connectivity index (χ0) is 17.9. The smallest absolute Gasteiger partial charge is 0.254 e. The molecule has 0 aliphatic carbocycles. The van der Waals surface area contributed by atoms with E-state index in [1.165, 1.54) is 11.3 Å². The first-order chi connectivity index (χ1) is 12.7. The lowest BCUT2D eigenvalue weighted by atomic mass is 10.1.